The van der Waals surface area contributed by atoms with Crippen molar-refractivity contribution in [3.63, 3.8) is 0 Å². The molecule has 23 heavy (non-hydrogen) atoms. The summed E-state index contributed by atoms with van der Waals surface area (Å²) in [6, 6.07) is 7.41. The fourth-order valence-corrected chi connectivity index (χ4v) is 2.95. The highest BCUT2D eigenvalue weighted by molar-refractivity contribution is 5.78. The Balaban J connectivity index is 2.01. The van der Waals surface area contributed by atoms with Crippen LogP contribution in [0.3, 0.4) is 0 Å². The smallest absolute Gasteiger partial charge is 0.223 e. The largest absolute Gasteiger partial charge is 0.370 e. The molecule has 7 nitrogen and oxygen atoms in total. The van der Waals surface area contributed by atoms with E-state index in [9.17, 15) is 9.59 Å². The van der Waals surface area contributed by atoms with Crippen molar-refractivity contribution in [2.75, 3.05) is 13.1 Å². The number of amides is 2. The van der Waals surface area contributed by atoms with E-state index in [-0.39, 0.29) is 17.7 Å². The molecule has 1 aliphatic rings. The summed E-state index contributed by atoms with van der Waals surface area (Å²) in [5, 5.41) is 3.62. The predicted octanol–water partition coefficient (Wildman–Crippen LogP) is 2.99. The summed E-state index contributed by atoms with van der Waals surface area (Å²) < 4.78 is 0. The average molecular weight is 315 g/mol. The van der Waals surface area contributed by atoms with Gasteiger partial charge in [-0.15, -0.1) is 0 Å². The van der Waals surface area contributed by atoms with Crippen LogP contribution in [0.4, 0.5) is 5.69 Å². The molecule has 1 atom stereocenters. The second kappa shape index (κ2) is 8.19. The van der Waals surface area contributed by atoms with Gasteiger partial charge in [-0.05, 0) is 42.3 Å². The molecule has 2 amide bonds. The SMILES string of the molecule is [N-]=[N+]=Nc1cccc(C2CCCN(CCCC(N)=O)C(=O)C2)c1. The van der Waals surface area contributed by atoms with E-state index < -0.39 is 0 Å². The van der Waals surface area contributed by atoms with Crippen LogP contribution in [0.1, 0.15) is 43.6 Å². The first-order valence-corrected chi connectivity index (χ1v) is 7.81. The fourth-order valence-electron chi connectivity index (χ4n) is 2.95. The van der Waals surface area contributed by atoms with Gasteiger partial charge in [0.1, 0.15) is 0 Å². The van der Waals surface area contributed by atoms with Crippen LogP contribution in [0.2, 0.25) is 0 Å². The highest BCUT2D eigenvalue weighted by Gasteiger charge is 2.24. The zero-order valence-electron chi connectivity index (χ0n) is 13.0. The van der Waals surface area contributed by atoms with Crippen molar-refractivity contribution in [3.05, 3.63) is 40.3 Å². The lowest BCUT2D eigenvalue weighted by Gasteiger charge is -2.20. The summed E-state index contributed by atoms with van der Waals surface area (Å²) in [6.45, 7) is 1.29. The van der Waals surface area contributed by atoms with Crippen molar-refractivity contribution in [1.82, 2.24) is 4.90 Å². The summed E-state index contributed by atoms with van der Waals surface area (Å²) in [5.74, 6) is -0.0938. The number of nitrogens with zero attached hydrogens (tertiary/aromatic N) is 4. The molecular weight excluding hydrogens is 294 g/mol. The second-order valence-corrected chi connectivity index (χ2v) is 5.78. The Morgan fingerprint density at radius 2 is 2.30 bits per heavy atom. The monoisotopic (exact) mass is 315 g/mol. The van der Waals surface area contributed by atoms with Crippen LogP contribution in [0, 0.1) is 0 Å². The average Bonchev–Trinajstić information content (AvgIpc) is 2.70. The molecule has 1 aromatic rings. The van der Waals surface area contributed by atoms with Gasteiger partial charge < -0.3 is 10.6 Å². The van der Waals surface area contributed by atoms with Crippen molar-refractivity contribution < 1.29 is 9.59 Å². The van der Waals surface area contributed by atoms with Crippen LogP contribution in [-0.2, 0) is 9.59 Å². The molecule has 0 radical (unpaired) electrons. The molecular formula is C16H21N5O2. The van der Waals surface area contributed by atoms with Gasteiger partial charge >= 0.3 is 0 Å². The number of carbonyl (C=O) groups is 2. The van der Waals surface area contributed by atoms with E-state index in [1.165, 1.54) is 0 Å². The lowest BCUT2D eigenvalue weighted by atomic mass is 9.91. The summed E-state index contributed by atoms with van der Waals surface area (Å²) >= 11 is 0. The van der Waals surface area contributed by atoms with Gasteiger partial charge in [0, 0.05) is 36.5 Å². The highest BCUT2D eigenvalue weighted by Crippen LogP contribution is 2.30. The third-order valence-corrected chi connectivity index (χ3v) is 4.11. The lowest BCUT2D eigenvalue weighted by Crippen LogP contribution is -2.32. The predicted molar refractivity (Wildman–Crippen MR) is 86.8 cm³/mol. The Bertz CT molecular complexity index is 625. The van der Waals surface area contributed by atoms with Crippen LogP contribution in [0.5, 0.6) is 0 Å². The maximum Gasteiger partial charge on any atom is 0.223 e. The Labute approximate surface area is 135 Å². The molecule has 1 fully saturated rings. The number of hydrogen-bond donors (Lipinski definition) is 1. The third-order valence-electron chi connectivity index (χ3n) is 4.11. The number of hydrogen-bond acceptors (Lipinski definition) is 3. The van der Waals surface area contributed by atoms with E-state index in [1.54, 1.807) is 6.07 Å². The first-order chi connectivity index (χ1) is 11.1. The normalized spacial score (nSPS) is 18.2. The number of rotatable bonds is 6. The van der Waals surface area contributed by atoms with Crippen LogP contribution in [0.15, 0.2) is 29.4 Å². The molecule has 122 valence electrons. The fraction of sp³-hybridized carbons (Fsp3) is 0.500. The van der Waals surface area contributed by atoms with Crippen molar-refractivity contribution in [3.8, 4) is 0 Å². The maximum atomic E-state index is 12.4. The lowest BCUT2D eigenvalue weighted by molar-refractivity contribution is -0.131. The molecule has 1 unspecified atom stereocenters. The van der Waals surface area contributed by atoms with Crippen molar-refractivity contribution in [2.24, 2.45) is 10.8 Å². The molecule has 2 rings (SSSR count). The third kappa shape index (κ3) is 5.00. The van der Waals surface area contributed by atoms with E-state index in [1.807, 2.05) is 23.1 Å². The van der Waals surface area contributed by atoms with Gasteiger partial charge in [-0.25, -0.2) is 0 Å². The number of nitrogens with two attached hydrogens (primary N) is 1. The Hall–Kier alpha value is -2.53. The van der Waals surface area contributed by atoms with Gasteiger partial charge in [0.2, 0.25) is 11.8 Å². The van der Waals surface area contributed by atoms with E-state index >= 15 is 0 Å². The van der Waals surface area contributed by atoms with Crippen LogP contribution < -0.4 is 5.73 Å². The summed E-state index contributed by atoms with van der Waals surface area (Å²) in [6.07, 6.45) is 3.19. The van der Waals surface area contributed by atoms with Crippen LogP contribution >= 0.6 is 0 Å². The van der Waals surface area contributed by atoms with Gasteiger partial charge in [0.25, 0.3) is 0 Å². The molecule has 0 spiro atoms. The number of likely N-dealkylation sites (tertiary alicyclic amines) is 1. The quantitative estimate of drug-likeness (QED) is 0.494. The molecule has 1 saturated heterocycles. The summed E-state index contributed by atoms with van der Waals surface area (Å²) in [4.78, 5) is 27.8. The first kappa shape index (κ1) is 16.8. The topological polar surface area (TPSA) is 112 Å². The number of azide groups is 1. The number of carbonyl (C=O) groups excluding carboxylic acids is 2. The van der Waals surface area contributed by atoms with Crippen molar-refractivity contribution >= 4 is 17.5 Å². The Kier molecular flexibility index (Phi) is 6.00. The van der Waals surface area contributed by atoms with E-state index in [0.717, 1.165) is 18.4 Å². The molecule has 2 N–H and O–H groups in total. The zero-order chi connectivity index (χ0) is 16.7. The standard InChI is InChI=1S/C16H21N5O2/c17-15(22)7-3-9-21-8-2-5-13(11-16(21)23)12-4-1-6-14(10-12)19-20-18/h1,4,6,10,13H,2-3,5,7-9,11H2,(H2,17,22). The maximum absolute atomic E-state index is 12.4. The zero-order valence-corrected chi connectivity index (χ0v) is 13.0. The summed E-state index contributed by atoms with van der Waals surface area (Å²) in [5.41, 5.74) is 15.3. The minimum absolute atomic E-state index is 0.103. The van der Waals surface area contributed by atoms with Crippen molar-refractivity contribution in [2.45, 2.75) is 38.0 Å². The molecule has 1 aromatic carbocycles. The second-order valence-electron chi connectivity index (χ2n) is 5.78. The van der Waals surface area contributed by atoms with Crippen LogP contribution in [-0.4, -0.2) is 29.8 Å². The molecule has 7 heteroatoms. The van der Waals surface area contributed by atoms with Gasteiger partial charge in [-0.2, -0.15) is 0 Å². The number of benzene rings is 1. The van der Waals surface area contributed by atoms with Gasteiger partial charge in [-0.3, -0.25) is 9.59 Å². The molecule has 0 aliphatic carbocycles. The minimum atomic E-state index is -0.333. The molecule has 0 aromatic heterocycles. The van der Waals surface area contributed by atoms with E-state index in [4.69, 9.17) is 11.3 Å². The van der Waals surface area contributed by atoms with Crippen LogP contribution in [0.25, 0.3) is 10.4 Å². The Morgan fingerprint density at radius 1 is 1.48 bits per heavy atom. The van der Waals surface area contributed by atoms with Gasteiger partial charge in [-0.1, -0.05) is 23.3 Å². The van der Waals surface area contributed by atoms with Crippen molar-refractivity contribution in [1.29, 1.82) is 0 Å². The number of primary amides is 1. The van der Waals surface area contributed by atoms with E-state index in [0.29, 0.717) is 38.0 Å². The molecule has 0 saturated carbocycles. The highest BCUT2D eigenvalue weighted by atomic mass is 16.2. The van der Waals surface area contributed by atoms with Gasteiger partial charge in [0.05, 0.1) is 0 Å². The molecule has 1 heterocycles. The van der Waals surface area contributed by atoms with E-state index in [2.05, 4.69) is 10.0 Å². The Morgan fingerprint density at radius 3 is 3.04 bits per heavy atom. The van der Waals surface area contributed by atoms with Gasteiger partial charge in [0.15, 0.2) is 0 Å². The first-order valence-electron chi connectivity index (χ1n) is 7.81. The molecule has 1 aliphatic heterocycles. The summed E-state index contributed by atoms with van der Waals surface area (Å²) in [7, 11) is 0. The molecule has 0 bridgehead atoms. The minimum Gasteiger partial charge on any atom is -0.370 e.